The SMILES string of the molecule is CC(N)C1(CCCc2ccccc2)CC1. The molecular formula is C14H21N. The molecule has 0 bridgehead atoms. The van der Waals surface area contributed by atoms with E-state index >= 15 is 0 Å². The summed E-state index contributed by atoms with van der Waals surface area (Å²) in [5, 5.41) is 0. The number of nitrogens with two attached hydrogens (primary N) is 1. The molecular weight excluding hydrogens is 182 g/mol. The molecule has 1 aliphatic rings. The Labute approximate surface area is 92.7 Å². The third kappa shape index (κ3) is 2.60. The Bertz CT molecular complexity index is 298. The van der Waals surface area contributed by atoms with Gasteiger partial charge in [-0.25, -0.2) is 0 Å². The van der Waals surface area contributed by atoms with Crippen molar-refractivity contribution < 1.29 is 0 Å². The fourth-order valence-corrected chi connectivity index (χ4v) is 2.38. The van der Waals surface area contributed by atoms with E-state index in [0.717, 1.165) is 0 Å². The predicted molar refractivity (Wildman–Crippen MR) is 64.7 cm³/mol. The van der Waals surface area contributed by atoms with Gasteiger partial charge in [-0.3, -0.25) is 0 Å². The van der Waals surface area contributed by atoms with Crippen LogP contribution < -0.4 is 5.73 Å². The minimum absolute atomic E-state index is 0.383. The van der Waals surface area contributed by atoms with Crippen LogP contribution in [-0.2, 0) is 6.42 Å². The lowest BCUT2D eigenvalue weighted by molar-refractivity contribution is 0.379. The van der Waals surface area contributed by atoms with Crippen LogP contribution in [0.4, 0.5) is 0 Å². The first kappa shape index (κ1) is 10.7. The lowest BCUT2D eigenvalue weighted by Crippen LogP contribution is -2.28. The minimum atomic E-state index is 0.383. The zero-order chi connectivity index (χ0) is 10.7. The lowest BCUT2D eigenvalue weighted by Gasteiger charge is -2.19. The third-order valence-electron chi connectivity index (χ3n) is 3.84. The summed E-state index contributed by atoms with van der Waals surface area (Å²) in [6.07, 6.45) is 6.49. The maximum atomic E-state index is 6.01. The van der Waals surface area contributed by atoms with E-state index in [1.807, 2.05) is 0 Å². The van der Waals surface area contributed by atoms with Gasteiger partial charge in [-0.05, 0) is 50.0 Å². The van der Waals surface area contributed by atoms with Crippen molar-refractivity contribution in [1.82, 2.24) is 0 Å². The normalized spacial score (nSPS) is 19.9. The predicted octanol–water partition coefficient (Wildman–Crippen LogP) is 3.14. The average Bonchev–Trinajstić information content (AvgIpc) is 3.01. The molecule has 1 aromatic carbocycles. The van der Waals surface area contributed by atoms with Crippen LogP contribution in [0.25, 0.3) is 0 Å². The molecule has 15 heavy (non-hydrogen) atoms. The largest absolute Gasteiger partial charge is 0.327 e. The highest BCUT2D eigenvalue weighted by Crippen LogP contribution is 2.51. The molecule has 1 fully saturated rings. The van der Waals surface area contributed by atoms with Crippen LogP contribution >= 0.6 is 0 Å². The molecule has 0 aliphatic heterocycles. The highest BCUT2D eigenvalue weighted by atomic mass is 14.7. The van der Waals surface area contributed by atoms with E-state index in [2.05, 4.69) is 37.3 Å². The quantitative estimate of drug-likeness (QED) is 0.781. The average molecular weight is 203 g/mol. The summed E-state index contributed by atoms with van der Waals surface area (Å²) in [5.41, 5.74) is 7.98. The summed E-state index contributed by atoms with van der Waals surface area (Å²) in [6, 6.07) is 11.1. The van der Waals surface area contributed by atoms with Gasteiger partial charge in [0.1, 0.15) is 0 Å². The molecule has 1 aliphatic carbocycles. The van der Waals surface area contributed by atoms with Crippen molar-refractivity contribution in [1.29, 1.82) is 0 Å². The van der Waals surface area contributed by atoms with Gasteiger partial charge in [-0.1, -0.05) is 30.3 Å². The molecule has 1 unspecified atom stereocenters. The van der Waals surface area contributed by atoms with Gasteiger partial charge in [0.2, 0.25) is 0 Å². The molecule has 1 aromatic rings. The van der Waals surface area contributed by atoms with Crippen LogP contribution in [0.2, 0.25) is 0 Å². The molecule has 1 saturated carbocycles. The van der Waals surface area contributed by atoms with Gasteiger partial charge in [-0.15, -0.1) is 0 Å². The second-order valence-electron chi connectivity index (χ2n) is 4.99. The number of hydrogen-bond acceptors (Lipinski definition) is 1. The van der Waals surface area contributed by atoms with Gasteiger partial charge in [0.05, 0.1) is 0 Å². The van der Waals surface area contributed by atoms with Crippen molar-refractivity contribution in [2.45, 2.75) is 45.1 Å². The van der Waals surface area contributed by atoms with Crippen molar-refractivity contribution >= 4 is 0 Å². The number of hydrogen-bond donors (Lipinski definition) is 1. The van der Waals surface area contributed by atoms with Crippen LogP contribution in [-0.4, -0.2) is 6.04 Å². The summed E-state index contributed by atoms with van der Waals surface area (Å²) in [6.45, 7) is 2.16. The zero-order valence-electron chi connectivity index (χ0n) is 9.58. The number of rotatable bonds is 5. The molecule has 0 amide bonds. The van der Waals surface area contributed by atoms with Gasteiger partial charge in [-0.2, -0.15) is 0 Å². The fourth-order valence-electron chi connectivity index (χ4n) is 2.38. The first-order chi connectivity index (χ1) is 7.23. The topological polar surface area (TPSA) is 26.0 Å². The Morgan fingerprint density at radius 3 is 2.47 bits per heavy atom. The Morgan fingerprint density at radius 1 is 1.27 bits per heavy atom. The standard InChI is InChI=1S/C14H21N/c1-12(15)14(10-11-14)9-5-8-13-6-3-2-4-7-13/h2-4,6-7,12H,5,8-11,15H2,1H3. The van der Waals surface area contributed by atoms with E-state index in [9.17, 15) is 0 Å². The van der Waals surface area contributed by atoms with E-state index in [-0.39, 0.29) is 0 Å². The van der Waals surface area contributed by atoms with Gasteiger partial charge >= 0.3 is 0 Å². The Morgan fingerprint density at radius 2 is 1.93 bits per heavy atom. The summed E-state index contributed by atoms with van der Waals surface area (Å²) in [7, 11) is 0. The number of aryl methyl sites for hydroxylation is 1. The summed E-state index contributed by atoms with van der Waals surface area (Å²) in [4.78, 5) is 0. The van der Waals surface area contributed by atoms with Crippen LogP contribution in [0.1, 0.15) is 38.2 Å². The molecule has 0 radical (unpaired) electrons. The van der Waals surface area contributed by atoms with Crippen LogP contribution in [0.5, 0.6) is 0 Å². The fraction of sp³-hybridized carbons (Fsp3) is 0.571. The van der Waals surface area contributed by atoms with Crippen molar-refractivity contribution in [3.05, 3.63) is 35.9 Å². The van der Waals surface area contributed by atoms with E-state index in [1.54, 1.807) is 0 Å². The van der Waals surface area contributed by atoms with Crippen molar-refractivity contribution in [2.24, 2.45) is 11.1 Å². The van der Waals surface area contributed by atoms with Crippen molar-refractivity contribution in [2.75, 3.05) is 0 Å². The van der Waals surface area contributed by atoms with Crippen LogP contribution in [0.15, 0.2) is 30.3 Å². The van der Waals surface area contributed by atoms with E-state index < -0.39 is 0 Å². The first-order valence-corrected chi connectivity index (χ1v) is 6.02. The molecule has 0 aromatic heterocycles. The zero-order valence-corrected chi connectivity index (χ0v) is 9.58. The Balaban J connectivity index is 1.76. The Hall–Kier alpha value is -0.820. The smallest absolute Gasteiger partial charge is 0.00670 e. The van der Waals surface area contributed by atoms with Gasteiger partial charge < -0.3 is 5.73 Å². The van der Waals surface area contributed by atoms with Crippen molar-refractivity contribution in [3.8, 4) is 0 Å². The second kappa shape index (κ2) is 4.36. The third-order valence-corrected chi connectivity index (χ3v) is 3.84. The summed E-state index contributed by atoms with van der Waals surface area (Å²) >= 11 is 0. The monoisotopic (exact) mass is 203 g/mol. The molecule has 1 nitrogen and oxygen atoms in total. The molecule has 1 atom stereocenters. The van der Waals surface area contributed by atoms with Gasteiger partial charge in [0.25, 0.3) is 0 Å². The molecule has 2 N–H and O–H groups in total. The van der Waals surface area contributed by atoms with Gasteiger partial charge in [0, 0.05) is 6.04 Å². The Kier molecular flexibility index (Phi) is 3.11. The molecule has 1 heteroatoms. The van der Waals surface area contributed by atoms with Crippen LogP contribution in [0, 0.1) is 5.41 Å². The molecule has 0 spiro atoms. The minimum Gasteiger partial charge on any atom is -0.327 e. The maximum Gasteiger partial charge on any atom is 0.00670 e. The first-order valence-electron chi connectivity index (χ1n) is 6.02. The van der Waals surface area contributed by atoms with E-state index in [4.69, 9.17) is 5.73 Å². The van der Waals surface area contributed by atoms with Crippen molar-refractivity contribution in [3.63, 3.8) is 0 Å². The van der Waals surface area contributed by atoms with E-state index in [1.165, 1.54) is 37.7 Å². The van der Waals surface area contributed by atoms with Crippen LogP contribution in [0.3, 0.4) is 0 Å². The summed E-state index contributed by atoms with van der Waals surface area (Å²) in [5.74, 6) is 0. The van der Waals surface area contributed by atoms with E-state index in [0.29, 0.717) is 11.5 Å². The molecule has 2 rings (SSSR count). The lowest BCUT2D eigenvalue weighted by atomic mass is 9.91. The second-order valence-corrected chi connectivity index (χ2v) is 4.99. The highest BCUT2D eigenvalue weighted by Gasteiger charge is 2.44. The summed E-state index contributed by atoms with van der Waals surface area (Å²) < 4.78 is 0. The number of benzene rings is 1. The van der Waals surface area contributed by atoms with Gasteiger partial charge in [0.15, 0.2) is 0 Å². The highest BCUT2D eigenvalue weighted by molar-refractivity contribution is 5.14. The molecule has 0 saturated heterocycles. The molecule has 82 valence electrons. The molecule has 0 heterocycles. The maximum absolute atomic E-state index is 6.01.